The fourth-order valence-corrected chi connectivity index (χ4v) is 1.59. The van der Waals surface area contributed by atoms with Gasteiger partial charge in [-0.05, 0) is 26.0 Å². The number of aryl methyl sites for hydroxylation is 2. The predicted octanol–water partition coefficient (Wildman–Crippen LogP) is 1.09. The molecule has 0 radical (unpaired) electrons. The molecule has 1 heterocycles. The van der Waals surface area contributed by atoms with Gasteiger partial charge in [-0.15, -0.1) is 0 Å². The van der Waals surface area contributed by atoms with Crippen LogP contribution in [0.4, 0.5) is 0 Å². The van der Waals surface area contributed by atoms with Crippen molar-refractivity contribution in [1.29, 1.82) is 0 Å². The number of hydrogen-bond acceptors (Lipinski definition) is 3. The number of amides is 1. The smallest absolute Gasteiger partial charge is 0.268 e. The number of hydrazine groups is 1. The van der Waals surface area contributed by atoms with Gasteiger partial charge in [-0.3, -0.25) is 10.2 Å². The lowest BCUT2D eigenvalue weighted by Gasteiger charge is -2.00. The minimum Gasteiger partial charge on any atom is -0.290 e. The van der Waals surface area contributed by atoms with Gasteiger partial charge in [0.1, 0.15) is 0 Å². The van der Waals surface area contributed by atoms with Crippen molar-refractivity contribution in [3.8, 4) is 5.69 Å². The number of hydrogen-bond donors (Lipinski definition) is 2. The molecule has 5 heteroatoms. The molecule has 88 valence electrons. The van der Waals surface area contributed by atoms with Gasteiger partial charge in [0.2, 0.25) is 0 Å². The van der Waals surface area contributed by atoms with Crippen molar-refractivity contribution in [2.24, 2.45) is 5.84 Å². The maximum absolute atomic E-state index is 11.4. The van der Waals surface area contributed by atoms with Crippen molar-refractivity contribution >= 4 is 5.91 Å². The summed E-state index contributed by atoms with van der Waals surface area (Å²) in [6, 6.07) is 7.89. The van der Waals surface area contributed by atoms with Crippen molar-refractivity contribution in [2.45, 2.75) is 13.8 Å². The first kappa shape index (κ1) is 11.3. The summed E-state index contributed by atoms with van der Waals surface area (Å²) in [5.74, 6) is 4.77. The molecule has 0 bridgehead atoms. The molecule has 0 fully saturated rings. The van der Waals surface area contributed by atoms with Crippen molar-refractivity contribution in [3.05, 3.63) is 47.3 Å². The van der Waals surface area contributed by atoms with E-state index in [1.807, 2.05) is 31.2 Å². The number of nitrogen functional groups attached to an aromatic ring is 1. The molecule has 0 saturated carbocycles. The van der Waals surface area contributed by atoms with Crippen LogP contribution in [0.1, 0.15) is 21.6 Å². The van der Waals surface area contributed by atoms with Gasteiger partial charge in [0.15, 0.2) is 0 Å². The molecule has 1 aromatic carbocycles. The molecular formula is C12H14N4O. The lowest BCUT2D eigenvalue weighted by atomic mass is 10.2. The lowest BCUT2D eigenvalue weighted by molar-refractivity contribution is 0.0953. The highest BCUT2D eigenvalue weighted by Gasteiger charge is 2.12. The number of rotatable bonds is 2. The Morgan fingerprint density at radius 2 is 1.94 bits per heavy atom. The van der Waals surface area contributed by atoms with E-state index in [-0.39, 0.29) is 5.91 Å². The van der Waals surface area contributed by atoms with Crippen molar-refractivity contribution in [1.82, 2.24) is 15.2 Å². The molecule has 5 nitrogen and oxygen atoms in total. The summed E-state index contributed by atoms with van der Waals surface area (Å²) >= 11 is 0. The van der Waals surface area contributed by atoms with E-state index in [1.54, 1.807) is 17.8 Å². The highest BCUT2D eigenvalue weighted by atomic mass is 16.2. The van der Waals surface area contributed by atoms with Crippen LogP contribution in [0.5, 0.6) is 0 Å². The third kappa shape index (κ3) is 2.19. The number of nitrogens with two attached hydrogens (primary N) is 1. The van der Waals surface area contributed by atoms with Crippen LogP contribution < -0.4 is 11.3 Å². The number of nitrogens with one attached hydrogen (secondary N) is 1. The second-order valence-electron chi connectivity index (χ2n) is 3.88. The molecule has 0 aliphatic carbocycles. The normalized spacial score (nSPS) is 10.3. The SMILES string of the molecule is Cc1ccc(-n2cc(C(=O)NN)c(C)n2)cc1. The minimum atomic E-state index is -0.333. The largest absolute Gasteiger partial charge is 0.290 e. The molecule has 1 aromatic heterocycles. The summed E-state index contributed by atoms with van der Waals surface area (Å²) in [7, 11) is 0. The molecule has 3 N–H and O–H groups in total. The Bertz CT molecular complexity index is 542. The average Bonchev–Trinajstić information content (AvgIpc) is 2.71. The molecule has 2 rings (SSSR count). The first-order chi connectivity index (χ1) is 8.11. The van der Waals surface area contributed by atoms with E-state index in [2.05, 4.69) is 10.5 Å². The summed E-state index contributed by atoms with van der Waals surface area (Å²) in [5, 5.41) is 4.28. The molecule has 0 saturated heterocycles. The van der Waals surface area contributed by atoms with E-state index in [1.165, 1.54) is 5.56 Å². The molecule has 0 spiro atoms. The zero-order valence-electron chi connectivity index (χ0n) is 9.77. The topological polar surface area (TPSA) is 72.9 Å². The molecule has 2 aromatic rings. The number of nitrogens with zero attached hydrogens (tertiary/aromatic N) is 2. The number of carbonyl (C=O) groups excluding carboxylic acids is 1. The summed E-state index contributed by atoms with van der Waals surface area (Å²) in [6.45, 7) is 3.79. The van der Waals surface area contributed by atoms with E-state index in [0.717, 1.165) is 5.69 Å². The molecule has 0 atom stereocenters. The van der Waals surface area contributed by atoms with Gasteiger partial charge in [0.05, 0.1) is 16.9 Å². The second-order valence-corrected chi connectivity index (χ2v) is 3.88. The van der Waals surface area contributed by atoms with Crippen LogP contribution >= 0.6 is 0 Å². The second kappa shape index (κ2) is 4.39. The summed E-state index contributed by atoms with van der Waals surface area (Å²) < 4.78 is 1.67. The Labute approximate surface area is 99.2 Å². The standard InChI is InChI=1S/C12H14N4O/c1-8-3-5-10(6-4-8)16-7-11(9(2)15-16)12(17)14-13/h3-7H,13H2,1-2H3,(H,14,17). The van der Waals surface area contributed by atoms with E-state index < -0.39 is 0 Å². The highest BCUT2D eigenvalue weighted by Crippen LogP contribution is 2.12. The third-order valence-corrected chi connectivity index (χ3v) is 2.57. The van der Waals surface area contributed by atoms with Crippen LogP contribution in [0.2, 0.25) is 0 Å². The van der Waals surface area contributed by atoms with Crippen LogP contribution in [0.25, 0.3) is 5.69 Å². The molecule has 0 aliphatic heterocycles. The van der Waals surface area contributed by atoms with Crippen LogP contribution in [-0.2, 0) is 0 Å². The predicted molar refractivity (Wildman–Crippen MR) is 64.7 cm³/mol. The summed E-state index contributed by atoms with van der Waals surface area (Å²) in [5.41, 5.74) is 5.32. The van der Waals surface area contributed by atoms with Crippen molar-refractivity contribution in [3.63, 3.8) is 0 Å². The Balaban J connectivity index is 2.41. The maximum atomic E-state index is 11.4. The Morgan fingerprint density at radius 1 is 1.29 bits per heavy atom. The van der Waals surface area contributed by atoms with Gasteiger partial charge in [0.25, 0.3) is 5.91 Å². The Hall–Kier alpha value is -2.14. The van der Waals surface area contributed by atoms with E-state index in [4.69, 9.17) is 5.84 Å². The molecule has 0 unspecified atom stereocenters. The fourth-order valence-electron chi connectivity index (χ4n) is 1.59. The van der Waals surface area contributed by atoms with Crippen LogP contribution in [-0.4, -0.2) is 15.7 Å². The van der Waals surface area contributed by atoms with Gasteiger partial charge in [-0.2, -0.15) is 5.10 Å². The van der Waals surface area contributed by atoms with Gasteiger partial charge >= 0.3 is 0 Å². The Kier molecular flexibility index (Phi) is 2.93. The highest BCUT2D eigenvalue weighted by molar-refractivity contribution is 5.94. The molecule has 1 amide bonds. The van der Waals surface area contributed by atoms with Crippen LogP contribution in [0.15, 0.2) is 30.5 Å². The molecule has 0 aliphatic rings. The van der Waals surface area contributed by atoms with Crippen molar-refractivity contribution < 1.29 is 4.79 Å². The van der Waals surface area contributed by atoms with E-state index >= 15 is 0 Å². The minimum absolute atomic E-state index is 0.333. The lowest BCUT2D eigenvalue weighted by Crippen LogP contribution is -2.30. The van der Waals surface area contributed by atoms with Crippen LogP contribution in [0, 0.1) is 13.8 Å². The average molecular weight is 230 g/mol. The maximum Gasteiger partial charge on any atom is 0.268 e. The van der Waals surface area contributed by atoms with Crippen LogP contribution in [0.3, 0.4) is 0 Å². The van der Waals surface area contributed by atoms with Crippen molar-refractivity contribution in [2.75, 3.05) is 0 Å². The fraction of sp³-hybridized carbons (Fsp3) is 0.167. The van der Waals surface area contributed by atoms with Gasteiger partial charge in [0, 0.05) is 6.20 Å². The van der Waals surface area contributed by atoms with Gasteiger partial charge in [-0.25, -0.2) is 10.5 Å². The first-order valence-electron chi connectivity index (χ1n) is 5.26. The molecular weight excluding hydrogens is 216 g/mol. The summed E-state index contributed by atoms with van der Waals surface area (Å²) in [6.07, 6.45) is 1.67. The number of carbonyl (C=O) groups is 1. The van der Waals surface area contributed by atoms with E-state index in [0.29, 0.717) is 11.3 Å². The van der Waals surface area contributed by atoms with E-state index in [9.17, 15) is 4.79 Å². The van der Waals surface area contributed by atoms with Gasteiger partial charge < -0.3 is 0 Å². The quantitative estimate of drug-likeness (QED) is 0.461. The number of benzene rings is 1. The monoisotopic (exact) mass is 230 g/mol. The zero-order chi connectivity index (χ0) is 12.4. The number of aromatic nitrogens is 2. The third-order valence-electron chi connectivity index (χ3n) is 2.57. The summed E-state index contributed by atoms with van der Waals surface area (Å²) in [4.78, 5) is 11.4. The molecule has 17 heavy (non-hydrogen) atoms. The zero-order valence-corrected chi connectivity index (χ0v) is 9.77. The van der Waals surface area contributed by atoms with Gasteiger partial charge in [-0.1, -0.05) is 17.7 Å². The first-order valence-corrected chi connectivity index (χ1v) is 5.26. The Morgan fingerprint density at radius 3 is 2.53 bits per heavy atom.